The van der Waals surface area contributed by atoms with E-state index in [1.165, 1.54) is 0 Å². The Morgan fingerprint density at radius 2 is 1.96 bits per heavy atom. The van der Waals surface area contributed by atoms with Crippen LogP contribution in [0, 0.1) is 0 Å². The molecule has 0 unspecified atom stereocenters. The van der Waals surface area contributed by atoms with Crippen molar-refractivity contribution in [2.75, 3.05) is 11.3 Å². The molecule has 1 aromatic heterocycles. The largest absolute Gasteiger partial charge is 0.493 e. The van der Waals surface area contributed by atoms with Gasteiger partial charge in [0.05, 0.1) is 11.5 Å². The molecule has 5 nitrogen and oxygen atoms in total. The van der Waals surface area contributed by atoms with E-state index in [2.05, 4.69) is 16.6 Å². The van der Waals surface area contributed by atoms with Gasteiger partial charge in [-0.1, -0.05) is 39.7 Å². The van der Waals surface area contributed by atoms with Crippen molar-refractivity contribution in [2.45, 2.75) is 50.8 Å². The van der Waals surface area contributed by atoms with Crippen molar-refractivity contribution in [1.29, 1.82) is 0 Å². The minimum Gasteiger partial charge on any atom is -0.493 e. The fourth-order valence-electron chi connectivity index (χ4n) is 2.43. The summed E-state index contributed by atoms with van der Waals surface area (Å²) in [6, 6.07) is 10.1. The van der Waals surface area contributed by atoms with Crippen molar-refractivity contribution < 1.29 is 13.2 Å². The van der Waals surface area contributed by atoms with Gasteiger partial charge in [0.25, 0.3) is 10.0 Å². The van der Waals surface area contributed by atoms with Crippen molar-refractivity contribution in [3.63, 3.8) is 0 Å². The maximum absolute atomic E-state index is 12.6. The van der Waals surface area contributed by atoms with E-state index in [1.54, 1.807) is 42.6 Å². The maximum Gasteiger partial charge on any atom is 0.263 e. The second-order valence-electron chi connectivity index (χ2n) is 6.23. The van der Waals surface area contributed by atoms with Gasteiger partial charge in [-0.25, -0.2) is 13.4 Å². The monoisotopic (exact) mass is 362 g/mol. The predicted molar refractivity (Wildman–Crippen MR) is 101 cm³/mol. The van der Waals surface area contributed by atoms with Crippen LogP contribution in [-0.4, -0.2) is 20.0 Å². The SMILES string of the molecule is CCCCCOc1ccc(S(=O)(=O)Nc2ccccn2)cc1C(C)C. The summed E-state index contributed by atoms with van der Waals surface area (Å²) >= 11 is 0. The molecular formula is C19H26N2O3S. The van der Waals surface area contributed by atoms with Crippen LogP contribution in [0.2, 0.25) is 0 Å². The number of nitrogens with zero attached hydrogens (tertiary/aromatic N) is 1. The fourth-order valence-corrected chi connectivity index (χ4v) is 3.47. The second kappa shape index (κ2) is 8.85. The molecule has 0 bridgehead atoms. The van der Waals surface area contributed by atoms with Crippen LogP contribution in [0.15, 0.2) is 47.5 Å². The third-order valence-electron chi connectivity index (χ3n) is 3.82. The van der Waals surface area contributed by atoms with Gasteiger partial charge in [-0.05, 0) is 48.2 Å². The molecular weight excluding hydrogens is 336 g/mol. The molecule has 2 rings (SSSR count). The van der Waals surface area contributed by atoms with Gasteiger partial charge in [-0.3, -0.25) is 4.72 Å². The molecule has 0 aliphatic carbocycles. The van der Waals surface area contributed by atoms with E-state index >= 15 is 0 Å². The van der Waals surface area contributed by atoms with Gasteiger partial charge >= 0.3 is 0 Å². The van der Waals surface area contributed by atoms with Crippen LogP contribution in [0.25, 0.3) is 0 Å². The van der Waals surface area contributed by atoms with E-state index in [0.29, 0.717) is 12.4 Å². The Morgan fingerprint density at radius 3 is 2.60 bits per heavy atom. The molecule has 0 atom stereocenters. The highest BCUT2D eigenvalue weighted by Gasteiger charge is 2.18. The standard InChI is InChI=1S/C19H26N2O3S/c1-4-5-8-13-24-18-11-10-16(14-17(18)15(2)3)25(22,23)21-19-9-6-7-12-20-19/h6-7,9-12,14-15H,4-5,8,13H2,1-3H3,(H,20,21). The minimum absolute atomic E-state index is 0.158. The van der Waals surface area contributed by atoms with Crippen LogP contribution >= 0.6 is 0 Å². The lowest BCUT2D eigenvalue weighted by Gasteiger charge is -2.16. The number of unbranched alkanes of at least 4 members (excludes halogenated alkanes) is 2. The molecule has 1 aromatic carbocycles. The van der Waals surface area contributed by atoms with Crippen LogP contribution in [-0.2, 0) is 10.0 Å². The first kappa shape index (κ1) is 19.2. The number of nitrogens with one attached hydrogen (secondary N) is 1. The molecule has 1 heterocycles. The summed E-state index contributed by atoms with van der Waals surface area (Å²) < 4.78 is 33.5. The molecule has 0 saturated heterocycles. The molecule has 0 radical (unpaired) electrons. The number of ether oxygens (including phenoxy) is 1. The number of sulfonamides is 1. The van der Waals surface area contributed by atoms with Gasteiger partial charge in [0, 0.05) is 6.20 Å². The maximum atomic E-state index is 12.6. The van der Waals surface area contributed by atoms with Crippen LogP contribution in [0.3, 0.4) is 0 Å². The molecule has 0 aliphatic rings. The number of hydrogen-bond donors (Lipinski definition) is 1. The summed E-state index contributed by atoms with van der Waals surface area (Å²) in [5, 5.41) is 0. The number of benzene rings is 1. The van der Waals surface area contributed by atoms with Crippen molar-refractivity contribution >= 4 is 15.8 Å². The summed E-state index contributed by atoms with van der Waals surface area (Å²) in [6.45, 7) is 6.84. The van der Waals surface area contributed by atoms with Gasteiger partial charge in [0.2, 0.25) is 0 Å². The van der Waals surface area contributed by atoms with E-state index in [0.717, 1.165) is 30.6 Å². The quantitative estimate of drug-likeness (QED) is 0.663. The summed E-state index contributed by atoms with van der Waals surface area (Å²) in [5.74, 6) is 1.21. The third kappa shape index (κ3) is 5.46. The van der Waals surface area contributed by atoms with Crippen LogP contribution in [0.5, 0.6) is 5.75 Å². The lowest BCUT2D eigenvalue weighted by Crippen LogP contribution is -2.14. The highest BCUT2D eigenvalue weighted by Crippen LogP contribution is 2.30. The molecule has 2 aromatic rings. The smallest absolute Gasteiger partial charge is 0.263 e. The molecule has 0 amide bonds. The number of hydrogen-bond acceptors (Lipinski definition) is 4. The van der Waals surface area contributed by atoms with Crippen molar-refractivity contribution in [3.05, 3.63) is 48.2 Å². The number of aromatic nitrogens is 1. The first-order chi connectivity index (χ1) is 11.9. The van der Waals surface area contributed by atoms with Gasteiger partial charge in [0.1, 0.15) is 11.6 Å². The Labute approximate surface area is 150 Å². The summed E-state index contributed by atoms with van der Waals surface area (Å²) in [7, 11) is -3.68. The fraction of sp³-hybridized carbons (Fsp3) is 0.421. The molecule has 6 heteroatoms. The Balaban J connectivity index is 2.22. The highest BCUT2D eigenvalue weighted by molar-refractivity contribution is 7.92. The lowest BCUT2D eigenvalue weighted by atomic mass is 10.0. The van der Waals surface area contributed by atoms with Crippen molar-refractivity contribution in [3.8, 4) is 5.75 Å². The van der Waals surface area contributed by atoms with E-state index in [9.17, 15) is 8.42 Å². The van der Waals surface area contributed by atoms with Crippen molar-refractivity contribution in [2.24, 2.45) is 0 Å². The summed E-state index contributed by atoms with van der Waals surface area (Å²) in [6.07, 6.45) is 4.80. The Bertz CT molecular complexity index is 775. The molecule has 0 fully saturated rings. The zero-order valence-electron chi connectivity index (χ0n) is 15.0. The topological polar surface area (TPSA) is 68.3 Å². The average Bonchev–Trinajstić information content (AvgIpc) is 2.59. The van der Waals surface area contributed by atoms with Crippen LogP contribution in [0.4, 0.5) is 5.82 Å². The van der Waals surface area contributed by atoms with Gasteiger partial charge in [-0.15, -0.1) is 0 Å². The Hall–Kier alpha value is -2.08. The Morgan fingerprint density at radius 1 is 1.16 bits per heavy atom. The molecule has 136 valence electrons. The number of pyridine rings is 1. The molecule has 0 spiro atoms. The van der Waals surface area contributed by atoms with E-state index < -0.39 is 10.0 Å². The second-order valence-corrected chi connectivity index (χ2v) is 7.91. The van der Waals surface area contributed by atoms with Crippen LogP contribution < -0.4 is 9.46 Å². The van der Waals surface area contributed by atoms with Crippen LogP contribution in [0.1, 0.15) is 51.5 Å². The number of anilines is 1. The van der Waals surface area contributed by atoms with Gasteiger partial charge in [0.15, 0.2) is 0 Å². The molecule has 25 heavy (non-hydrogen) atoms. The van der Waals surface area contributed by atoms with E-state index in [4.69, 9.17) is 4.74 Å². The predicted octanol–water partition coefficient (Wildman–Crippen LogP) is 4.57. The normalized spacial score (nSPS) is 11.5. The zero-order chi connectivity index (χ0) is 18.3. The van der Waals surface area contributed by atoms with Crippen molar-refractivity contribution in [1.82, 2.24) is 4.98 Å². The lowest BCUT2D eigenvalue weighted by molar-refractivity contribution is 0.302. The molecule has 0 aliphatic heterocycles. The van der Waals surface area contributed by atoms with Gasteiger partial charge < -0.3 is 4.74 Å². The highest BCUT2D eigenvalue weighted by atomic mass is 32.2. The first-order valence-electron chi connectivity index (χ1n) is 8.64. The van der Waals surface area contributed by atoms with Gasteiger partial charge in [-0.2, -0.15) is 0 Å². The molecule has 0 saturated carbocycles. The first-order valence-corrected chi connectivity index (χ1v) is 10.1. The minimum atomic E-state index is -3.68. The summed E-state index contributed by atoms with van der Waals surface area (Å²) in [5.41, 5.74) is 0.889. The third-order valence-corrected chi connectivity index (χ3v) is 5.18. The Kier molecular flexibility index (Phi) is 6.82. The zero-order valence-corrected chi connectivity index (χ0v) is 15.8. The van der Waals surface area contributed by atoms with E-state index in [-0.39, 0.29) is 10.8 Å². The summed E-state index contributed by atoms with van der Waals surface area (Å²) in [4.78, 5) is 4.22. The average molecular weight is 362 g/mol. The molecule has 1 N–H and O–H groups in total. The van der Waals surface area contributed by atoms with E-state index in [1.807, 2.05) is 13.8 Å². The number of rotatable bonds is 9.